The van der Waals surface area contributed by atoms with Crippen LogP contribution in [0.2, 0.25) is 0 Å². The Morgan fingerprint density at radius 3 is 2.48 bits per heavy atom. The van der Waals surface area contributed by atoms with Gasteiger partial charge in [-0.2, -0.15) is 8.42 Å². The molecule has 2 aromatic carbocycles. The second kappa shape index (κ2) is 6.86. The van der Waals surface area contributed by atoms with Crippen LogP contribution >= 0.6 is 0 Å². The lowest BCUT2D eigenvalue weighted by atomic mass is 9.94. The lowest BCUT2D eigenvalue weighted by molar-refractivity contribution is -0.142. The van der Waals surface area contributed by atoms with Crippen molar-refractivity contribution in [2.75, 3.05) is 0 Å². The molecule has 0 aliphatic heterocycles. The van der Waals surface area contributed by atoms with E-state index in [1.54, 1.807) is 37.3 Å². The quantitative estimate of drug-likeness (QED) is 0.461. The highest BCUT2D eigenvalue weighted by Crippen LogP contribution is 2.26. The third-order valence-electron chi connectivity index (χ3n) is 4.00. The molecule has 1 aliphatic rings. The Labute approximate surface area is 153 Å². The minimum atomic E-state index is -4.56. The Morgan fingerprint density at radius 2 is 1.81 bits per heavy atom. The first-order valence-corrected chi connectivity index (χ1v) is 9.20. The molecule has 0 bridgehead atoms. The average Bonchev–Trinajstić information content (AvgIpc) is 2.60. The molecule has 2 aromatic rings. The maximum atomic E-state index is 12.5. The van der Waals surface area contributed by atoms with E-state index in [1.165, 1.54) is 18.2 Å². The summed E-state index contributed by atoms with van der Waals surface area (Å²) in [6.07, 6.45) is 1.33. The SMILES string of the molecule is Cc1ccc(N=NC2=c3ccccc3=CC(C(=O)O)C2=O)c(S(=O)(=O)O)c1. The molecule has 0 fully saturated rings. The lowest BCUT2D eigenvalue weighted by Crippen LogP contribution is -2.38. The molecule has 0 radical (unpaired) electrons. The second-order valence-corrected chi connectivity index (χ2v) is 7.32. The number of Topliss-reactive ketones (excluding diaryl/α,β-unsaturated/α-hetero) is 1. The number of aliphatic carboxylic acids is 1. The van der Waals surface area contributed by atoms with Gasteiger partial charge in [0.05, 0.1) is 0 Å². The fraction of sp³-hybridized carbons (Fsp3) is 0.111. The zero-order valence-electron chi connectivity index (χ0n) is 14.0. The van der Waals surface area contributed by atoms with E-state index in [1.807, 2.05) is 0 Å². The van der Waals surface area contributed by atoms with Crippen LogP contribution in [-0.4, -0.2) is 29.8 Å². The number of carbonyl (C=O) groups excluding carboxylic acids is 1. The molecule has 9 heteroatoms. The van der Waals surface area contributed by atoms with Crippen LogP contribution in [0, 0.1) is 12.8 Å². The predicted octanol–water partition coefficient (Wildman–Crippen LogP) is 1.20. The summed E-state index contributed by atoms with van der Waals surface area (Å²) in [4.78, 5) is 23.4. The Bertz CT molecular complexity index is 1210. The molecule has 8 nitrogen and oxygen atoms in total. The molecule has 1 unspecified atom stereocenters. The number of hydrogen-bond acceptors (Lipinski definition) is 6. The molecule has 27 heavy (non-hydrogen) atoms. The van der Waals surface area contributed by atoms with Gasteiger partial charge in [0.15, 0.2) is 0 Å². The van der Waals surface area contributed by atoms with Crippen molar-refractivity contribution in [1.82, 2.24) is 0 Å². The molecule has 0 aromatic heterocycles. The van der Waals surface area contributed by atoms with E-state index in [9.17, 15) is 27.7 Å². The standard InChI is InChI=1S/C18H14N2O6S/c1-10-6-7-14(15(8-10)27(24,25)26)19-20-16-12-5-3-2-4-11(12)9-13(17(16)21)18(22)23/h2-9,13H,1H3,(H,22,23)(H,24,25,26). The summed E-state index contributed by atoms with van der Waals surface area (Å²) in [5.41, 5.74) is 0.221. The third-order valence-corrected chi connectivity index (χ3v) is 4.88. The highest BCUT2D eigenvalue weighted by atomic mass is 32.2. The lowest BCUT2D eigenvalue weighted by Gasteiger charge is -2.12. The molecular weight excluding hydrogens is 372 g/mol. The Hall–Kier alpha value is -3.17. The zero-order valence-corrected chi connectivity index (χ0v) is 14.8. The fourth-order valence-corrected chi connectivity index (χ4v) is 3.40. The first kappa shape index (κ1) is 18.6. The van der Waals surface area contributed by atoms with E-state index >= 15 is 0 Å². The van der Waals surface area contributed by atoms with Gasteiger partial charge in [-0.05, 0) is 29.8 Å². The third kappa shape index (κ3) is 3.69. The monoisotopic (exact) mass is 386 g/mol. The van der Waals surface area contributed by atoms with Crippen molar-refractivity contribution in [2.24, 2.45) is 16.1 Å². The van der Waals surface area contributed by atoms with Crippen LogP contribution in [0.15, 0.2) is 57.6 Å². The first-order valence-electron chi connectivity index (χ1n) is 7.76. The molecule has 0 heterocycles. The zero-order chi connectivity index (χ0) is 19.8. The molecule has 3 rings (SSSR count). The number of benzene rings is 2. The van der Waals surface area contributed by atoms with Crippen LogP contribution in [0.4, 0.5) is 5.69 Å². The van der Waals surface area contributed by atoms with Gasteiger partial charge in [-0.15, -0.1) is 10.2 Å². The number of carboxylic acids is 1. The number of carboxylic acid groups (broad SMARTS) is 1. The summed E-state index contributed by atoms with van der Waals surface area (Å²) in [5.74, 6) is -3.49. The fourth-order valence-electron chi connectivity index (χ4n) is 2.69. The van der Waals surface area contributed by atoms with Gasteiger partial charge >= 0.3 is 5.97 Å². The predicted molar refractivity (Wildman–Crippen MR) is 95.2 cm³/mol. The van der Waals surface area contributed by atoms with Gasteiger partial charge in [0.2, 0.25) is 5.78 Å². The minimum Gasteiger partial charge on any atom is -0.480 e. The van der Waals surface area contributed by atoms with Crippen molar-refractivity contribution in [3.05, 3.63) is 58.5 Å². The topological polar surface area (TPSA) is 133 Å². The number of azo groups is 1. The number of fused-ring (bicyclic) bond motifs is 1. The summed E-state index contributed by atoms with van der Waals surface area (Å²) in [7, 11) is -4.56. The maximum absolute atomic E-state index is 12.5. The van der Waals surface area contributed by atoms with Crippen molar-refractivity contribution in [3.8, 4) is 0 Å². The first-order chi connectivity index (χ1) is 12.7. The van der Waals surface area contributed by atoms with Crippen molar-refractivity contribution >= 4 is 39.3 Å². The number of carbonyl (C=O) groups is 2. The Morgan fingerprint density at radius 1 is 1.11 bits per heavy atom. The van der Waals surface area contributed by atoms with E-state index < -0.39 is 32.7 Å². The maximum Gasteiger partial charge on any atom is 0.318 e. The normalized spacial score (nSPS) is 16.9. The van der Waals surface area contributed by atoms with Crippen molar-refractivity contribution < 1.29 is 27.7 Å². The van der Waals surface area contributed by atoms with Crippen LogP contribution in [0.5, 0.6) is 0 Å². The smallest absolute Gasteiger partial charge is 0.318 e. The van der Waals surface area contributed by atoms with Gasteiger partial charge in [-0.1, -0.05) is 36.4 Å². The molecule has 1 aliphatic carbocycles. The number of hydrogen-bond donors (Lipinski definition) is 2. The average molecular weight is 386 g/mol. The molecule has 0 spiro atoms. The van der Waals surface area contributed by atoms with Crippen LogP contribution in [0.1, 0.15) is 5.56 Å². The van der Waals surface area contributed by atoms with Gasteiger partial charge in [-0.3, -0.25) is 14.1 Å². The van der Waals surface area contributed by atoms with Crippen molar-refractivity contribution in [1.29, 1.82) is 0 Å². The van der Waals surface area contributed by atoms with Crippen LogP contribution in [0.3, 0.4) is 0 Å². The molecule has 1 atom stereocenters. The van der Waals surface area contributed by atoms with Gasteiger partial charge < -0.3 is 5.11 Å². The summed E-state index contributed by atoms with van der Waals surface area (Å²) in [5, 5.41) is 17.8. The minimum absolute atomic E-state index is 0.165. The van der Waals surface area contributed by atoms with E-state index in [0.717, 1.165) is 0 Å². The van der Waals surface area contributed by atoms with E-state index in [-0.39, 0.29) is 11.4 Å². The van der Waals surface area contributed by atoms with Gasteiger partial charge in [0.25, 0.3) is 10.1 Å². The number of ketones is 1. The van der Waals surface area contributed by atoms with Gasteiger partial charge in [0, 0.05) is 5.22 Å². The van der Waals surface area contributed by atoms with Crippen molar-refractivity contribution in [2.45, 2.75) is 11.8 Å². The molecule has 2 N–H and O–H groups in total. The molecular formula is C18H14N2O6S. The van der Waals surface area contributed by atoms with E-state index in [2.05, 4.69) is 10.2 Å². The Kier molecular flexibility index (Phi) is 4.73. The highest BCUT2D eigenvalue weighted by molar-refractivity contribution is 7.86. The van der Waals surface area contributed by atoms with Crippen LogP contribution in [0.25, 0.3) is 11.8 Å². The van der Waals surface area contributed by atoms with Crippen LogP contribution < -0.4 is 10.4 Å². The molecule has 0 saturated carbocycles. The van der Waals surface area contributed by atoms with Gasteiger partial charge in [0.1, 0.15) is 22.2 Å². The molecule has 0 saturated heterocycles. The number of nitrogens with zero attached hydrogens (tertiary/aromatic N) is 2. The Balaban J connectivity index is 2.20. The summed E-state index contributed by atoms with van der Waals surface area (Å²) in [6.45, 7) is 1.64. The number of rotatable bonds is 4. The highest BCUT2D eigenvalue weighted by Gasteiger charge is 2.30. The largest absolute Gasteiger partial charge is 0.480 e. The van der Waals surface area contributed by atoms with Crippen molar-refractivity contribution in [3.63, 3.8) is 0 Å². The van der Waals surface area contributed by atoms with Crippen LogP contribution in [-0.2, 0) is 19.7 Å². The second-order valence-electron chi connectivity index (χ2n) is 5.93. The number of aryl methyl sites for hydroxylation is 1. The molecule has 138 valence electrons. The molecule has 0 amide bonds. The summed E-state index contributed by atoms with van der Waals surface area (Å²) >= 11 is 0. The van der Waals surface area contributed by atoms with E-state index in [0.29, 0.717) is 16.0 Å². The van der Waals surface area contributed by atoms with E-state index in [4.69, 9.17) is 0 Å². The summed E-state index contributed by atoms with van der Waals surface area (Å²) in [6, 6.07) is 10.7. The summed E-state index contributed by atoms with van der Waals surface area (Å²) < 4.78 is 32.5. The van der Waals surface area contributed by atoms with Gasteiger partial charge in [-0.25, -0.2) is 0 Å².